The quantitative estimate of drug-likeness (QED) is 0.546. The van der Waals surface area contributed by atoms with E-state index in [1.807, 2.05) is 12.1 Å². The zero-order valence-corrected chi connectivity index (χ0v) is 11.7. The Morgan fingerprint density at radius 2 is 1.36 bits per heavy atom. The molecule has 0 unspecified atom stereocenters. The van der Waals surface area contributed by atoms with E-state index in [9.17, 15) is 0 Å². The molecule has 1 aliphatic rings. The molecule has 0 N–H and O–H groups in total. The summed E-state index contributed by atoms with van der Waals surface area (Å²) in [7, 11) is 0. The molecule has 0 atom stereocenters. The fraction of sp³-hybridized carbons (Fsp3) is 0.800. The molecule has 0 saturated carbocycles. The monoisotopic (exact) mass is 234 g/mol. The minimum atomic E-state index is -0.305. The van der Waals surface area contributed by atoms with Gasteiger partial charge in [-0.2, -0.15) is 7.42 Å². The third kappa shape index (κ3) is 2.30. The van der Waals surface area contributed by atoms with Crippen LogP contribution in [-0.2, 0) is 0 Å². The molecular weight excluding hydrogens is 212 g/mol. The van der Waals surface area contributed by atoms with Gasteiger partial charge in [-0.25, -0.2) is 0 Å². The van der Waals surface area contributed by atoms with Crippen molar-refractivity contribution in [1.29, 1.82) is 0 Å². The van der Waals surface area contributed by atoms with Gasteiger partial charge in [0.25, 0.3) is 0 Å². The van der Waals surface area contributed by atoms with Gasteiger partial charge in [0.2, 0.25) is 0 Å². The number of thiol groups is 1. The van der Waals surface area contributed by atoms with Crippen molar-refractivity contribution < 1.29 is 0 Å². The molecule has 0 radical (unpaired) electrons. The van der Waals surface area contributed by atoms with Gasteiger partial charge in [0.15, 0.2) is 0 Å². The fourth-order valence-corrected chi connectivity index (χ4v) is 4.92. The van der Waals surface area contributed by atoms with Crippen LogP contribution < -0.4 is 0 Å². The molecule has 84 valence electrons. The predicted molar refractivity (Wildman–Crippen MR) is 70.0 cm³/mol. The molecule has 1 rings (SSSR count). The summed E-state index contributed by atoms with van der Waals surface area (Å²) in [5.41, 5.74) is 0.457. The Kier molecular flexibility index (Phi) is 3.32. The molecule has 0 aliphatic carbocycles. The highest BCUT2D eigenvalue weighted by Crippen LogP contribution is 2.63. The number of nitrogens with zero attached hydrogens (tertiary/aromatic N) is 2. The first-order valence-corrected chi connectivity index (χ1v) is 6.93. The van der Waals surface area contributed by atoms with Crippen LogP contribution in [0.3, 0.4) is 0 Å². The lowest BCUT2D eigenvalue weighted by Crippen LogP contribution is -2.52. The van der Waals surface area contributed by atoms with Gasteiger partial charge in [-0.3, -0.25) is 0 Å². The van der Waals surface area contributed by atoms with Gasteiger partial charge < -0.3 is 0 Å². The molecule has 0 spiro atoms. The number of hydrogen-bond acceptors (Lipinski definition) is 3. The normalized spacial score (nSPS) is 23.4. The highest BCUT2D eigenvalue weighted by Gasteiger charge is 2.45. The van der Waals surface area contributed by atoms with Gasteiger partial charge in [-0.15, -0.1) is 0 Å². The maximum Gasteiger partial charge on any atom is 0.0350 e. The van der Waals surface area contributed by atoms with Crippen LogP contribution in [-0.4, -0.2) is 18.5 Å². The standard InChI is InChI=1S/C10H22N2S2/c1-8-14-11(9(2,3)4)13-12(14)10(5,6)7/h8,14H,1H2,2-7H3. The van der Waals surface area contributed by atoms with Crippen LogP contribution in [0.1, 0.15) is 41.5 Å². The summed E-state index contributed by atoms with van der Waals surface area (Å²) in [5, 5.41) is 2.09. The van der Waals surface area contributed by atoms with E-state index in [2.05, 4.69) is 61.0 Å². The third-order valence-corrected chi connectivity index (χ3v) is 6.96. The van der Waals surface area contributed by atoms with Crippen LogP contribution in [0.4, 0.5) is 0 Å². The van der Waals surface area contributed by atoms with Crippen molar-refractivity contribution in [2.75, 3.05) is 0 Å². The molecule has 4 heteroatoms. The Bertz CT molecular complexity index is 207. The molecule has 0 aromatic rings. The van der Waals surface area contributed by atoms with Gasteiger partial charge >= 0.3 is 0 Å². The molecular formula is C10H22N2S2. The summed E-state index contributed by atoms with van der Waals surface area (Å²) in [5.74, 6) is 0. The number of rotatable bonds is 1. The summed E-state index contributed by atoms with van der Waals surface area (Å²) in [6.07, 6.45) is 0. The summed E-state index contributed by atoms with van der Waals surface area (Å²) in [4.78, 5) is 0. The molecule has 1 fully saturated rings. The molecule has 1 aliphatic heterocycles. The van der Waals surface area contributed by atoms with Crippen molar-refractivity contribution in [3.05, 3.63) is 12.0 Å². The zero-order valence-electron chi connectivity index (χ0n) is 10.0. The lowest BCUT2D eigenvalue weighted by Gasteiger charge is -2.59. The maximum atomic E-state index is 3.94. The Labute approximate surface area is 95.6 Å². The summed E-state index contributed by atoms with van der Waals surface area (Å²) in [6.45, 7) is 17.4. The van der Waals surface area contributed by atoms with E-state index in [0.717, 1.165) is 0 Å². The summed E-state index contributed by atoms with van der Waals surface area (Å²) < 4.78 is 4.89. The van der Waals surface area contributed by atoms with E-state index >= 15 is 0 Å². The molecule has 1 heterocycles. The van der Waals surface area contributed by atoms with E-state index in [4.69, 9.17) is 0 Å². The van der Waals surface area contributed by atoms with E-state index in [-0.39, 0.29) is 22.3 Å². The molecule has 0 amide bonds. The Morgan fingerprint density at radius 3 is 1.57 bits per heavy atom. The highest BCUT2D eigenvalue weighted by molar-refractivity contribution is 8.35. The fourth-order valence-electron chi connectivity index (χ4n) is 1.20. The molecule has 14 heavy (non-hydrogen) atoms. The lowest BCUT2D eigenvalue weighted by atomic mass is 10.1. The summed E-state index contributed by atoms with van der Waals surface area (Å²) in [6, 6.07) is 0. The highest BCUT2D eigenvalue weighted by atomic mass is 32.3. The van der Waals surface area contributed by atoms with Gasteiger partial charge in [0.05, 0.1) is 0 Å². The smallest absolute Gasteiger partial charge is 0.0350 e. The largest absolute Gasteiger partial charge is 0.179 e. The van der Waals surface area contributed by atoms with E-state index < -0.39 is 0 Å². The topological polar surface area (TPSA) is 6.48 Å². The zero-order chi connectivity index (χ0) is 11.1. The van der Waals surface area contributed by atoms with Crippen LogP contribution in [0.2, 0.25) is 0 Å². The average molecular weight is 234 g/mol. The second-order valence-electron chi connectivity index (χ2n) is 5.47. The van der Waals surface area contributed by atoms with Crippen molar-refractivity contribution in [3.8, 4) is 0 Å². The van der Waals surface area contributed by atoms with Gasteiger partial charge in [0.1, 0.15) is 0 Å². The Morgan fingerprint density at radius 1 is 1.00 bits per heavy atom. The second-order valence-corrected chi connectivity index (χ2v) is 8.71. The molecule has 0 aromatic heterocycles. The molecule has 0 bridgehead atoms. The minimum absolute atomic E-state index is 0.228. The minimum Gasteiger partial charge on any atom is -0.179 e. The Hall–Kier alpha value is 0.360. The van der Waals surface area contributed by atoms with E-state index in [0.29, 0.717) is 0 Å². The van der Waals surface area contributed by atoms with Gasteiger partial charge in [-0.1, -0.05) is 17.8 Å². The lowest BCUT2D eigenvalue weighted by molar-refractivity contribution is 0.319. The summed E-state index contributed by atoms with van der Waals surface area (Å²) >= 11 is 1.54. The van der Waals surface area contributed by atoms with Gasteiger partial charge in [-0.05, 0) is 47.0 Å². The van der Waals surface area contributed by atoms with Crippen LogP contribution in [0.5, 0.6) is 0 Å². The second kappa shape index (κ2) is 3.74. The average Bonchev–Trinajstić information content (AvgIpc) is 1.77. The maximum absolute atomic E-state index is 3.94. The van der Waals surface area contributed by atoms with Crippen LogP contribution in [0.15, 0.2) is 12.0 Å². The van der Waals surface area contributed by atoms with Gasteiger partial charge in [0, 0.05) is 23.2 Å². The van der Waals surface area contributed by atoms with Crippen molar-refractivity contribution in [2.45, 2.75) is 52.6 Å². The predicted octanol–water partition coefficient (Wildman–Crippen LogP) is 3.74. The first-order chi connectivity index (χ1) is 6.18. The third-order valence-electron chi connectivity index (χ3n) is 1.84. The SMILES string of the molecule is C=C[SH]1N(C(C)(C)C)SN1C(C)(C)C. The van der Waals surface area contributed by atoms with Crippen LogP contribution in [0.25, 0.3) is 0 Å². The molecule has 0 aromatic carbocycles. The number of hydrogen-bond donors (Lipinski definition) is 1. The Balaban J connectivity index is 2.72. The first kappa shape index (κ1) is 12.4. The molecule has 1 saturated heterocycles. The molecule has 2 nitrogen and oxygen atoms in total. The van der Waals surface area contributed by atoms with Crippen molar-refractivity contribution >= 4 is 23.4 Å². The first-order valence-electron chi connectivity index (χ1n) is 4.88. The van der Waals surface area contributed by atoms with Crippen molar-refractivity contribution in [1.82, 2.24) is 7.42 Å². The van der Waals surface area contributed by atoms with Crippen molar-refractivity contribution in [2.24, 2.45) is 0 Å². The van der Waals surface area contributed by atoms with Crippen LogP contribution >= 0.6 is 23.4 Å². The van der Waals surface area contributed by atoms with Crippen LogP contribution in [0, 0.1) is 0 Å². The van der Waals surface area contributed by atoms with E-state index in [1.54, 1.807) is 0 Å². The van der Waals surface area contributed by atoms with Crippen molar-refractivity contribution in [3.63, 3.8) is 0 Å². The van der Waals surface area contributed by atoms with E-state index in [1.165, 1.54) is 0 Å².